The number of allylic oxidation sites excluding steroid dienone is 6. The first kappa shape index (κ1) is 23.0. The summed E-state index contributed by atoms with van der Waals surface area (Å²) in [6, 6.07) is 3.90. The zero-order valence-corrected chi connectivity index (χ0v) is 21.7. The summed E-state index contributed by atoms with van der Waals surface area (Å²) in [5.41, 5.74) is 5.36. The van der Waals surface area contributed by atoms with E-state index in [1.54, 1.807) is 12.2 Å². The molecule has 1 aromatic heterocycles. The molecule has 4 unspecified atom stereocenters. The number of fused-ring (bicyclic) bond motifs is 6. The second-order valence-corrected chi connectivity index (χ2v) is 11.3. The Morgan fingerprint density at radius 2 is 1.89 bits per heavy atom. The van der Waals surface area contributed by atoms with E-state index in [1.807, 2.05) is 67.9 Å². The molecule has 5 nitrogen and oxygen atoms in total. The first-order chi connectivity index (χ1) is 16.7. The van der Waals surface area contributed by atoms with E-state index < -0.39 is 20.2 Å². The molecular formula is C26H21Cl4N5. The van der Waals surface area contributed by atoms with Crippen molar-refractivity contribution in [2.45, 2.75) is 20.2 Å². The van der Waals surface area contributed by atoms with Crippen LogP contribution in [-0.4, -0.2) is 50.3 Å². The molecule has 0 fully saturated rings. The van der Waals surface area contributed by atoms with Gasteiger partial charge in [-0.05, 0) is 78.6 Å². The quantitative estimate of drug-likeness (QED) is 0.350. The van der Waals surface area contributed by atoms with Crippen molar-refractivity contribution in [3.05, 3.63) is 101 Å². The van der Waals surface area contributed by atoms with Crippen LogP contribution in [0.3, 0.4) is 0 Å². The van der Waals surface area contributed by atoms with Crippen LogP contribution < -0.4 is 5.32 Å². The summed E-state index contributed by atoms with van der Waals surface area (Å²) < 4.78 is 0. The van der Waals surface area contributed by atoms with Crippen LogP contribution >= 0.6 is 46.4 Å². The number of aromatic nitrogens is 1. The van der Waals surface area contributed by atoms with Crippen molar-refractivity contribution in [2.24, 2.45) is 9.98 Å². The second-order valence-electron chi connectivity index (χ2n) is 9.07. The van der Waals surface area contributed by atoms with Crippen molar-refractivity contribution in [3.63, 3.8) is 0 Å². The predicted molar refractivity (Wildman–Crippen MR) is 146 cm³/mol. The predicted octanol–water partition coefficient (Wildman–Crippen LogP) is 5.73. The van der Waals surface area contributed by atoms with Gasteiger partial charge in [-0.3, -0.25) is 4.99 Å². The minimum Gasteiger partial charge on any atom is -0.377 e. The molecule has 0 saturated carbocycles. The fourth-order valence-electron chi connectivity index (χ4n) is 4.71. The average Bonchev–Trinajstić information content (AvgIpc) is 3.62. The van der Waals surface area contributed by atoms with E-state index in [1.165, 1.54) is 0 Å². The van der Waals surface area contributed by atoms with Crippen molar-refractivity contribution in [3.8, 4) is 0 Å². The third-order valence-electron chi connectivity index (χ3n) is 6.59. The number of halogens is 4. The van der Waals surface area contributed by atoms with Gasteiger partial charge in [0.15, 0.2) is 14.9 Å². The summed E-state index contributed by atoms with van der Waals surface area (Å²) in [7, 11) is 2.00. The Morgan fingerprint density at radius 3 is 2.69 bits per heavy atom. The molecule has 5 aliphatic rings. The van der Waals surface area contributed by atoms with Gasteiger partial charge < -0.3 is 15.2 Å². The van der Waals surface area contributed by atoms with E-state index in [0.29, 0.717) is 18.0 Å². The van der Waals surface area contributed by atoms with Gasteiger partial charge >= 0.3 is 0 Å². The van der Waals surface area contributed by atoms with Gasteiger partial charge in [-0.25, -0.2) is 4.99 Å². The highest BCUT2D eigenvalue weighted by atomic mass is 35.5. The number of aromatic amines is 1. The summed E-state index contributed by atoms with van der Waals surface area (Å²) in [5.74, 6) is 0. The monoisotopic (exact) mass is 543 g/mol. The Bertz CT molecular complexity index is 1390. The van der Waals surface area contributed by atoms with Crippen LogP contribution in [0.1, 0.15) is 11.4 Å². The average molecular weight is 545 g/mol. The number of nitrogens with zero attached hydrogens (tertiary/aromatic N) is 3. The summed E-state index contributed by atoms with van der Waals surface area (Å²) in [4.78, 5) is 11.4. The van der Waals surface area contributed by atoms with Gasteiger partial charge in [0.25, 0.3) is 0 Å². The SMILES string of the molecule is CN1C=CC(C2(Cl)c3ccc([nH]3)C=C3C=CC(=N3)C=C3C=CC(Cl)(N3)C(Cl)C3=NC2(Cl)C=C3)=CC1. The molecule has 35 heavy (non-hydrogen) atoms. The maximum atomic E-state index is 7.53. The number of aliphatic imine (C=N–C) groups is 2. The molecule has 4 atom stereocenters. The largest absolute Gasteiger partial charge is 0.377 e. The number of hydrogen-bond acceptors (Lipinski definition) is 4. The van der Waals surface area contributed by atoms with Crippen LogP contribution in [-0.2, 0) is 4.87 Å². The zero-order valence-electron chi connectivity index (χ0n) is 18.6. The number of alkyl halides is 4. The molecule has 2 N–H and O–H groups in total. The topological polar surface area (TPSA) is 55.8 Å². The summed E-state index contributed by atoms with van der Waals surface area (Å²) >= 11 is 28.6. The van der Waals surface area contributed by atoms with Crippen LogP contribution in [0.4, 0.5) is 0 Å². The van der Waals surface area contributed by atoms with Crippen molar-refractivity contribution in [2.75, 3.05) is 13.6 Å². The summed E-state index contributed by atoms with van der Waals surface area (Å²) in [6.45, 7) is 0.695. The van der Waals surface area contributed by atoms with Gasteiger partial charge in [-0.2, -0.15) is 0 Å². The molecule has 8 bridgehead atoms. The van der Waals surface area contributed by atoms with Gasteiger partial charge in [0.1, 0.15) is 5.38 Å². The van der Waals surface area contributed by atoms with Crippen molar-refractivity contribution < 1.29 is 0 Å². The molecule has 0 amide bonds. The van der Waals surface area contributed by atoms with Crippen LogP contribution in [0, 0.1) is 0 Å². The van der Waals surface area contributed by atoms with E-state index in [0.717, 1.165) is 28.4 Å². The molecule has 1 aromatic rings. The van der Waals surface area contributed by atoms with Gasteiger partial charge in [0.2, 0.25) is 0 Å². The molecule has 0 radical (unpaired) electrons. The Balaban J connectivity index is 1.55. The summed E-state index contributed by atoms with van der Waals surface area (Å²) in [6.07, 6.45) is 21.1. The van der Waals surface area contributed by atoms with Crippen LogP contribution in [0.25, 0.3) is 6.08 Å². The number of rotatable bonds is 1. The molecule has 5 aliphatic heterocycles. The first-order valence-corrected chi connectivity index (χ1v) is 12.7. The molecular weight excluding hydrogens is 524 g/mol. The van der Waals surface area contributed by atoms with E-state index in [-0.39, 0.29) is 0 Å². The third-order valence-corrected chi connectivity index (χ3v) is 9.01. The Morgan fingerprint density at radius 1 is 1.03 bits per heavy atom. The third kappa shape index (κ3) is 3.68. The summed E-state index contributed by atoms with van der Waals surface area (Å²) in [5, 5.41) is 2.58. The lowest BCUT2D eigenvalue weighted by Gasteiger charge is -2.39. The van der Waals surface area contributed by atoms with E-state index >= 15 is 0 Å². The van der Waals surface area contributed by atoms with Crippen LogP contribution in [0.5, 0.6) is 0 Å². The first-order valence-electron chi connectivity index (χ1n) is 11.1. The van der Waals surface area contributed by atoms with E-state index in [4.69, 9.17) is 56.4 Å². The smallest absolute Gasteiger partial charge is 0.181 e. The molecule has 178 valence electrons. The fourth-order valence-corrected chi connectivity index (χ4v) is 5.97. The van der Waals surface area contributed by atoms with Gasteiger partial charge in [0.05, 0.1) is 17.1 Å². The maximum absolute atomic E-state index is 7.53. The lowest BCUT2D eigenvalue weighted by atomic mass is 9.85. The van der Waals surface area contributed by atoms with Crippen LogP contribution in [0.15, 0.2) is 100.0 Å². The standard InChI is InChI=1S/C26H21Cl4N5/c1-35-12-8-16(9-13-35)26(30)22-5-4-19(32-22)14-17-2-3-18(31-17)15-20-6-10-24(28,33-20)23(27)21-7-11-25(26,29)34-21/h2-12,14-15,23,32-33H,13H2,1H3. The van der Waals surface area contributed by atoms with Gasteiger partial charge in [-0.1, -0.05) is 29.3 Å². The minimum absolute atomic E-state index is 0.539. The molecule has 0 spiro atoms. The van der Waals surface area contributed by atoms with Crippen LogP contribution in [0.2, 0.25) is 0 Å². The number of hydrogen-bond donors (Lipinski definition) is 2. The second kappa shape index (κ2) is 8.04. The van der Waals surface area contributed by atoms with E-state index in [9.17, 15) is 0 Å². The number of likely N-dealkylation sites (N-methyl/N-ethyl adjacent to an activating group) is 1. The normalized spacial score (nSPS) is 34.9. The Kier molecular flexibility index (Phi) is 5.28. The number of nitrogens with one attached hydrogen (secondary N) is 2. The molecule has 6 heterocycles. The van der Waals surface area contributed by atoms with Crippen molar-refractivity contribution in [1.29, 1.82) is 0 Å². The zero-order chi connectivity index (χ0) is 24.4. The Hall–Kier alpha value is -2.44. The lowest BCUT2D eigenvalue weighted by Crippen LogP contribution is -2.46. The number of H-pyrrole nitrogens is 1. The fraction of sp³-hybridized carbons (Fsp3) is 0.231. The highest BCUT2D eigenvalue weighted by Crippen LogP contribution is 2.53. The molecule has 0 aliphatic carbocycles. The van der Waals surface area contributed by atoms with Crippen molar-refractivity contribution >= 4 is 63.9 Å². The molecule has 9 heteroatoms. The van der Waals surface area contributed by atoms with Gasteiger partial charge in [-0.15, -0.1) is 23.2 Å². The van der Waals surface area contributed by atoms with E-state index in [2.05, 4.69) is 21.3 Å². The highest BCUT2D eigenvalue weighted by Gasteiger charge is 2.55. The maximum Gasteiger partial charge on any atom is 0.181 e. The lowest BCUT2D eigenvalue weighted by molar-refractivity contribution is 0.486. The Labute approximate surface area is 223 Å². The highest BCUT2D eigenvalue weighted by molar-refractivity contribution is 6.44. The molecule has 6 rings (SSSR count). The minimum atomic E-state index is -1.34. The molecule has 0 saturated heterocycles. The van der Waals surface area contributed by atoms with Crippen molar-refractivity contribution in [1.82, 2.24) is 15.2 Å². The van der Waals surface area contributed by atoms with Gasteiger partial charge in [0, 0.05) is 30.7 Å². The molecule has 0 aromatic carbocycles.